The minimum absolute atomic E-state index is 0.0847. The van der Waals surface area contributed by atoms with Crippen molar-refractivity contribution in [3.8, 4) is 5.75 Å². The van der Waals surface area contributed by atoms with Crippen molar-refractivity contribution in [2.24, 2.45) is 10.7 Å². The molecule has 5 N–H and O–H groups in total. The molecule has 1 spiro atoms. The number of hydrogen-bond donors (Lipinski definition) is 4. The average molecular weight is 493 g/mol. The van der Waals surface area contributed by atoms with E-state index >= 15 is 0 Å². The number of aliphatic imine (C=N–C) groups is 1. The van der Waals surface area contributed by atoms with Crippen LogP contribution in [-0.4, -0.2) is 56.7 Å². The molecule has 4 rings (SSSR count). The highest BCUT2D eigenvalue weighted by molar-refractivity contribution is 8.26. The maximum absolute atomic E-state index is 15.0. The van der Waals surface area contributed by atoms with Gasteiger partial charge in [-0.1, -0.05) is 0 Å². The van der Waals surface area contributed by atoms with Gasteiger partial charge < -0.3 is 20.5 Å². The molecule has 184 valence electrons. The molecule has 9 nitrogen and oxygen atoms in total. The number of benzene rings is 1. The first-order chi connectivity index (χ1) is 15.9. The molecular weight excluding hydrogens is 463 g/mol. The van der Waals surface area contributed by atoms with Crippen LogP contribution >= 0.6 is 10.6 Å². The Labute approximate surface area is 198 Å². The number of pyridine rings is 1. The lowest BCUT2D eigenvalue weighted by Gasteiger charge is -2.61. The molecule has 1 atom stereocenters. The van der Waals surface area contributed by atoms with Gasteiger partial charge in [0.15, 0.2) is 0 Å². The lowest BCUT2D eigenvalue weighted by molar-refractivity contribution is 0.0264. The summed E-state index contributed by atoms with van der Waals surface area (Å²) in [5, 5.41) is 2.72. The van der Waals surface area contributed by atoms with Crippen molar-refractivity contribution in [2.45, 2.75) is 43.1 Å². The number of ether oxygens (including phenoxy) is 2. The van der Waals surface area contributed by atoms with E-state index in [1.54, 1.807) is 27.0 Å². The number of rotatable bonds is 5. The Hall–Kier alpha value is -2.73. The highest BCUT2D eigenvalue weighted by Gasteiger charge is 2.61. The number of anilines is 1. The van der Waals surface area contributed by atoms with Crippen LogP contribution < -0.4 is 15.8 Å². The van der Waals surface area contributed by atoms with E-state index in [0.717, 1.165) is 0 Å². The smallest absolute Gasteiger partial charge is 0.274 e. The molecule has 1 aliphatic carbocycles. The molecule has 2 aromatic rings. The summed E-state index contributed by atoms with van der Waals surface area (Å²) in [4.78, 5) is 21.5. The maximum atomic E-state index is 15.0. The zero-order chi connectivity index (χ0) is 24.9. The van der Waals surface area contributed by atoms with Gasteiger partial charge in [0.1, 0.15) is 33.4 Å². The van der Waals surface area contributed by atoms with E-state index in [-0.39, 0.29) is 28.9 Å². The topological polar surface area (TPSA) is 139 Å². The third-order valence-electron chi connectivity index (χ3n) is 6.70. The van der Waals surface area contributed by atoms with E-state index in [0.29, 0.717) is 29.8 Å². The SMILES string of the molecule is COc1cnc(C(=O)Nc2ccc(F)c([C@]3(C)CS(O)(O)C4(CC(OC)C4)C(N)=N3)c2)c(C)c1. The quantitative estimate of drug-likeness (QED) is 0.499. The molecule has 0 saturated heterocycles. The molecule has 34 heavy (non-hydrogen) atoms. The summed E-state index contributed by atoms with van der Waals surface area (Å²) in [7, 11) is -0.188. The molecule has 0 radical (unpaired) electrons. The van der Waals surface area contributed by atoms with Crippen LogP contribution in [-0.2, 0) is 10.3 Å². The first-order valence-corrected chi connectivity index (χ1v) is 12.4. The monoisotopic (exact) mass is 492 g/mol. The summed E-state index contributed by atoms with van der Waals surface area (Å²) in [5.41, 5.74) is 6.15. The fourth-order valence-corrected chi connectivity index (χ4v) is 7.22. The van der Waals surface area contributed by atoms with E-state index < -0.39 is 32.6 Å². The molecule has 2 heterocycles. The number of nitrogens with one attached hydrogen (secondary N) is 1. The van der Waals surface area contributed by atoms with Crippen molar-refractivity contribution in [2.75, 3.05) is 25.3 Å². The number of hydrogen-bond acceptors (Lipinski definition) is 8. The molecule has 1 aromatic heterocycles. The van der Waals surface area contributed by atoms with Gasteiger partial charge in [-0.25, -0.2) is 9.37 Å². The van der Waals surface area contributed by atoms with Crippen LogP contribution in [0, 0.1) is 12.7 Å². The summed E-state index contributed by atoms with van der Waals surface area (Å²) in [6.07, 6.45) is 2.01. The molecule has 1 aromatic carbocycles. The van der Waals surface area contributed by atoms with E-state index in [1.807, 2.05) is 0 Å². The van der Waals surface area contributed by atoms with Crippen LogP contribution in [0.15, 0.2) is 35.5 Å². The average Bonchev–Trinajstić information content (AvgIpc) is 2.72. The van der Waals surface area contributed by atoms with Gasteiger partial charge in [-0.15, -0.1) is 0 Å². The second-order valence-electron chi connectivity index (χ2n) is 9.03. The number of amidine groups is 1. The third-order valence-corrected chi connectivity index (χ3v) is 9.46. The van der Waals surface area contributed by atoms with Gasteiger partial charge in [-0.05, 0) is 43.7 Å². The number of nitrogens with two attached hydrogens (primary N) is 1. The summed E-state index contributed by atoms with van der Waals surface area (Å²) in [6, 6.07) is 5.75. The van der Waals surface area contributed by atoms with Crippen molar-refractivity contribution in [1.82, 2.24) is 4.98 Å². The van der Waals surface area contributed by atoms with Crippen LogP contribution in [0.25, 0.3) is 0 Å². The number of aryl methyl sites for hydroxylation is 1. The lowest BCUT2D eigenvalue weighted by atomic mass is 9.79. The second kappa shape index (κ2) is 8.49. The van der Waals surface area contributed by atoms with Crippen molar-refractivity contribution >= 4 is 28.0 Å². The Morgan fingerprint density at radius 2 is 2.00 bits per heavy atom. The van der Waals surface area contributed by atoms with E-state index in [2.05, 4.69) is 15.3 Å². The predicted octanol–water partition coefficient (Wildman–Crippen LogP) is 3.67. The van der Waals surface area contributed by atoms with Crippen LogP contribution in [0.3, 0.4) is 0 Å². The molecule has 1 saturated carbocycles. The second-order valence-corrected chi connectivity index (χ2v) is 11.4. The largest absolute Gasteiger partial charge is 0.495 e. The van der Waals surface area contributed by atoms with Crippen LogP contribution in [0.1, 0.15) is 41.4 Å². The van der Waals surface area contributed by atoms with Crippen molar-refractivity contribution in [1.29, 1.82) is 0 Å². The van der Waals surface area contributed by atoms with Crippen LogP contribution in [0.4, 0.5) is 10.1 Å². The molecule has 0 unspecified atom stereocenters. The van der Waals surface area contributed by atoms with Gasteiger partial charge in [-0.2, -0.15) is 10.6 Å². The minimum atomic E-state index is -3.25. The molecular formula is C23H29FN4O5S. The Morgan fingerprint density at radius 3 is 2.59 bits per heavy atom. The third kappa shape index (κ3) is 3.92. The van der Waals surface area contributed by atoms with Gasteiger partial charge in [0.2, 0.25) is 0 Å². The van der Waals surface area contributed by atoms with Crippen LogP contribution in [0.2, 0.25) is 0 Å². The first-order valence-electron chi connectivity index (χ1n) is 10.7. The van der Waals surface area contributed by atoms with Crippen LogP contribution in [0.5, 0.6) is 5.75 Å². The van der Waals surface area contributed by atoms with Gasteiger partial charge >= 0.3 is 0 Å². The molecule has 1 aliphatic heterocycles. The van der Waals surface area contributed by atoms with Gasteiger partial charge in [0.05, 0.1) is 25.2 Å². The summed E-state index contributed by atoms with van der Waals surface area (Å²) < 4.78 is 46.5. The Kier molecular flexibility index (Phi) is 6.09. The fraction of sp³-hybridized carbons (Fsp3) is 0.435. The normalized spacial score (nSPS) is 28.6. The number of halogens is 1. The lowest BCUT2D eigenvalue weighted by Crippen LogP contribution is -2.63. The zero-order valence-corrected chi connectivity index (χ0v) is 20.3. The first kappa shape index (κ1) is 24.4. The van der Waals surface area contributed by atoms with E-state index in [1.165, 1.54) is 31.5 Å². The predicted molar refractivity (Wildman–Crippen MR) is 129 cm³/mol. The van der Waals surface area contributed by atoms with Crippen molar-refractivity contribution in [3.63, 3.8) is 0 Å². The highest BCUT2D eigenvalue weighted by Crippen LogP contribution is 2.67. The van der Waals surface area contributed by atoms with Gasteiger partial charge in [0.25, 0.3) is 5.91 Å². The van der Waals surface area contributed by atoms with Gasteiger partial charge in [0, 0.05) is 31.2 Å². The van der Waals surface area contributed by atoms with Crippen molar-refractivity contribution in [3.05, 3.63) is 53.1 Å². The molecule has 2 aliphatic rings. The summed E-state index contributed by atoms with van der Waals surface area (Å²) in [6.45, 7) is 3.34. The standard InChI is InChI=1S/C23H29FN4O5S/c1-13-7-15(32-3)11-26-19(13)20(29)27-14-5-6-18(24)17(8-14)22(2)12-34(30,31)23(21(25)28-22)9-16(10-23)33-4/h5-8,11,16,30-31H,9-10,12H2,1-4H3,(H2,25,28)(H,27,29)/t16?,22-,23?/m0/s1. The zero-order valence-electron chi connectivity index (χ0n) is 19.5. The summed E-state index contributed by atoms with van der Waals surface area (Å²) >= 11 is 0. The van der Waals surface area contributed by atoms with Gasteiger partial charge in [-0.3, -0.25) is 18.9 Å². The number of nitrogens with zero attached hydrogens (tertiary/aromatic N) is 2. The maximum Gasteiger partial charge on any atom is 0.274 e. The van der Waals surface area contributed by atoms with Crippen molar-refractivity contribution < 1.29 is 27.8 Å². The minimum Gasteiger partial charge on any atom is -0.495 e. The molecule has 0 bridgehead atoms. The Bertz CT molecular complexity index is 1170. The number of carbonyl (C=O) groups is 1. The Morgan fingerprint density at radius 1 is 1.29 bits per heavy atom. The number of amides is 1. The number of methoxy groups -OCH3 is 2. The summed E-state index contributed by atoms with van der Waals surface area (Å²) in [5.74, 6) is -0.645. The number of carbonyl (C=O) groups excluding carboxylic acids is 1. The fourth-order valence-electron chi connectivity index (χ4n) is 4.66. The highest BCUT2D eigenvalue weighted by atomic mass is 32.3. The Balaban J connectivity index is 1.64. The number of aromatic nitrogens is 1. The van der Waals surface area contributed by atoms with E-state index in [9.17, 15) is 18.3 Å². The molecule has 11 heteroatoms. The molecule has 1 fully saturated rings. The molecule has 1 amide bonds. The van der Waals surface area contributed by atoms with E-state index in [4.69, 9.17) is 15.2 Å².